The molecule has 2 aromatic rings. The Bertz CT molecular complexity index is 610. The summed E-state index contributed by atoms with van der Waals surface area (Å²) in [5.41, 5.74) is 3.82. The highest BCUT2D eigenvalue weighted by Crippen LogP contribution is 2.29. The van der Waals surface area contributed by atoms with E-state index >= 15 is 0 Å². The highest BCUT2D eigenvalue weighted by molar-refractivity contribution is 5.35. The van der Waals surface area contributed by atoms with Crippen LogP contribution in [0.2, 0.25) is 0 Å². The molecule has 2 nitrogen and oxygen atoms in total. The molecule has 0 aromatic heterocycles. The molecule has 0 aliphatic carbocycles. The maximum Gasteiger partial charge on any atom is 0.108 e. The molecule has 0 radical (unpaired) electrons. The molecule has 0 bridgehead atoms. The van der Waals surface area contributed by atoms with Gasteiger partial charge in [-0.15, -0.1) is 0 Å². The lowest BCUT2D eigenvalue weighted by atomic mass is 9.96. The molecule has 1 fully saturated rings. The van der Waals surface area contributed by atoms with Crippen molar-refractivity contribution in [3.8, 4) is 0 Å². The maximum atomic E-state index is 6.46. The topological polar surface area (TPSA) is 12.5 Å². The van der Waals surface area contributed by atoms with Crippen LogP contribution in [0.3, 0.4) is 0 Å². The van der Waals surface area contributed by atoms with Crippen LogP contribution in [0.25, 0.3) is 0 Å². The maximum absolute atomic E-state index is 6.46. The Morgan fingerprint density at radius 1 is 1.09 bits per heavy atom. The van der Waals surface area contributed by atoms with Crippen LogP contribution < -0.4 is 0 Å². The van der Waals surface area contributed by atoms with Gasteiger partial charge in [-0.25, -0.2) is 0 Å². The molecular weight excluding hydrogens is 282 g/mol. The fraction of sp³-hybridized carbons (Fsp3) is 0.429. The summed E-state index contributed by atoms with van der Waals surface area (Å²) < 4.78 is 6.46. The van der Waals surface area contributed by atoms with E-state index in [1.54, 1.807) is 0 Å². The average Bonchev–Trinajstić information content (AvgIpc) is 2.58. The summed E-state index contributed by atoms with van der Waals surface area (Å²) in [4.78, 5) is 2.42. The van der Waals surface area contributed by atoms with Gasteiger partial charge < -0.3 is 9.64 Å². The Hall–Kier alpha value is -1.64. The third kappa shape index (κ3) is 4.21. The highest BCUT2D eigenvalue weighted by Gasteiger charge is 2.21. The zero-order chi connectivity index (χ0) is 16.1. The van der Waals surface area contributed by atoms with Crippen molar-refractivity contribution >= 4 is 0 Å². The minimum Gasteiger partial charge on any atom is -0.368 e. The molecule has 2 unspecified atom stereocenters. The Kier molecular flexibility index (Phi) is 5.47. The van der Waals surface area contributed by atoms with Gasteiger partial charge in [-0.1, -0.05) is 54.6 Å². The second kappa shape index (κ2) is 7.76. The van der Waals surface area contributed by atoms with Crippen LogP contribution in [0.15, 0.2) is 54.6 Å². The zero-order valence-corrected chi connectivity index (χ0v) is 14.2. The lowest BCUT2D eigenvalue weighted by molar-refractivity contribution is 0.0304. The predicted molar refractivity (Wildman–Crippen MR) is 95.6 cm³/mol. The van der Waals surface area contributed by atoms with Gasteiger partial charge in [0.1, 0.15) is 6.10 Å². The molecule has 23 heavy (non-hydrogen) atoms. The molecule has 1 aliphatic heterocycles. The van der Waals surface area contributed by atoms with Crippen molar-refractivity contribution in [3.63, 3.8) is 0 Å². The molecule has 0 spiro atoms. The average molecular weight is 309 g/mol. The van der Waals surface area contributed by atoms with Crippen molar-refractivity contribution < 1.29 is 4.74 Å². The van der Waals surface area contributed by atoms with E-state index in [9.17, 15) is 0 Å². The third-order valence-corrected chi connectivity index (χ3v) is 4.79. The molecule has 2 atom stereocenters. The molecular formula is C21H27NO. The quantitative estimate of drug-likeness (QED) is 0.809. The molecule has 1 saturated heterocycles. The zero-order valence-electron chi connectivity index (χ0n) is 14.2. The van der Waals surface area contributed by atoms with Crippen molar-refractivity contribution in [2.75, 3.05) is 26.7 Å². The number of likely N-dealkylation sites (tertiary alicyclic amines) is 1. The number of rotatable bonds is 5. The van der Waals surface area contributed by atoms with E-state index in [0.717, 1.165) is 13.2 Å². The molecule has 0 N–H and O–H groups in total. The minimum absolute atomic E-state index is 0.0321. The summed E-state index contributed by atoms with van der Waals surface area (Å²) in [5, 5.41) is 0. The van der Waals surface area contributed by atoms with E-state index in [-0.39, 0.29) is 6.10 Å². The van der Waals surface area contributed by atoms with Crippen LogP contribution in [0.4, 0.5) is 0 Å². The fourth-order valence-corrected chi connectivity index (χ4v) is 3.52. The SMILES string of the molecule is Cc1ccccc1C(OCC1CCCN(C)C1)c1ccccc1. The third-order valence-electron chi connectivity index (χ3n) is 4.79. The number of aryl methyl sites for hydroxylation is 1. The van der Waals surface area contributed by atoms with Gasteiger partial charge in [0.25, 0.3) is 0 Å². The van der Waals surface area contributed by atoms with E-state index in [1.165, 1.54) is 36.1 Å². The minimum atomic E-state index is 0.0321. The van der Waals surface area contributed by atoms with E-state index in [4.69, 9.17) is 4.74 Å². The van der Waals surface area contributed by atoms with Crippen LogP contribution in [0, 0.1) is 12.8 Å². The van der Waals surface area contributed by atoms with Gasteiger partial charge in [0.15, 0.2) is 0 Å². The predicted octanol–water partition coefficient (Wildman–Crippen LogP) is 4.44. The second-order valence-electron chi connectivity index (χ2n) is 6.75. The van der Waals surface area contributed by atoms with Gasteiger partial charge in [0.05, 0.1) is 6.61 Å². The first-order valence-electron chi connectivity index (χ1n) is 8.64. The van der Waals surface area contributed by atoms with Crippen molar-refractivity contribution in [3.05, 3.63) is 71.3 Å². The summed E-state index contributed by atoms with van der Waals surface area (Å²) in [7, 11) is 2.21. The van der Waals surface area contributed by atoms with Crippen molar-refractivity contribution in [1.29, 1.82) is 0 Å². The normalized spacial score (nSPS) is 20.3. The molecule has 122 valence electrons. The Morgan fingerprint density at radius 3 is 2.57 bits per heavy atom. The Morgan fingerprint density at radius 2 is 1.83 bits per heavy atom. The number of benzene rings is 2. The first kappa shape index (κ1) is 16.2. The summed E-state index contributed by atoms with van der Waals surface area (Å²) in [6.45, 7) is 5.37. The van der Waals surface area contributed by atoms with Gasteiger partial charge in [0.2, 0.25) is 0 Å². The summed E-state index contributed by atoms with van der Waals surface area (Å²) in [6.07, 6.45) is 2.59. The molecule has 1 heterocycles. The van der Waals surface area contributed by atoms with Gasteiger partial charge >= 0.3 is 0 Å². The van der Waals surface area contributed by atoms with Crippen LogP contribution in [0.5, 0.6) is 0 Å². The highest BCUT2D eigenvalue weighted by atomic mass is 16.5. The molecule has 1 aliphatic rings. The van der Waals surface area contributed by atoms with E-state index in [1.807, 2.05) is 0 Å². The first-order valence-corrected chi connectivity index (χ1v) is 8.64. The lowest BCUT2D eigenvalue weighted by Crippen LogP contribution is -2.34. The largest absolute Gasteiger partial charge is 0.368 e. The number of piperidine rings is 1. The lowest BCUT2D eigenvalue weighted by Gasteiger charge is -2.31. The van der Waals surface area contributed by atoms with Crippen molar-refractivity contribution in [2.24, 2.45) is 5.92 Å². The van der Waals surface area contributed by atoms with Gasteiger partial charge in [0, 0.05) is 6.54 Å². The number of hydrogen-bond acceptors (Lipinski definition) is 2. The Balaban J connectivity index is 1.77. The molecule has 2 heteroatoms. The van der Waals surface area contributed by atoms with Crippen molar-refractivity contribution in [1.82, 2.24) is 4.90 Å². The second-order valence-corrected chi connectivity index (χ2v) is 6.75. The van der Waals surface area contributed by atoms with Crippen LogP contribution in [0.1, 0.15) is 35.6 Å². The summed E-state index contributed by atoms with van der Waals surface area (Å²) in [6, 6.07) is 19.2. The van der Waals surface area contributed by atoms with Crippen LogP contribution >= 0.6 is 0 Å². The molecule has 2 aromatic carbocycles. The standard InChI is InChI=1S/C21H27NO/c1-17-9-6-7-13-20(17)21(19-11-4-3-5-12-19)23-16-18-10-8-14-22(2)15-18/h3-7,9,11-13,18,21H,8,10,14-16H2,1-2H3. The molecule has 0 amide bonds. The van der Waals surface area contributed by atoms with Crippen LogP contribution in [-0.2, 0) is 4.74 Å². The number of nitrogens with zero attached hydrogens (tertiary/aromatic N) is 1. The smallest absolute Gasteiger partial charge is 0.108 e. The Labute approximate surface area is 140 Å². The molecule has 0 saturated carbocycles. The summed E-state index contributed by atoms with van der Waals surface area (Å²) >= 11 is 0. The van der Waals surface area contributed by atoms with Crippen LogP contribution in [-0.4, -0.2) is 31.6 Å². The van der Waals surface area contributed by atoms with E-state index < -0.39 is 0 Å². The fourth-order valence-electron chi connectivity index (χ4n) is 3.52. The van der Waals surface area contributed by atoms with E-state index in [2.05, 4.69) is 73.5 Å². The number of ether oxygens (including phenoxy) is 1. The summed E-state index contributed by atoms with van der Waals surface area (Å²) in [5.74, 6) is 0.643. The van der Waals surface area contributed by atoms with Crippen molar-refractivity contribution in [2.45, 2.75) is 25.9 Å². The van der Waals surface area contributed by atoms with Gasteiger partial charge in [-0.2, -0.15) is 0 Å². The molecule has 3 rings (SSSR count). The van der Waals surface area contributed by atoms with Gasteiger partial charge in [-0.05, 0) is 56.0 Å². The van der Waals surface area contributed by atoms with E-state index in [0.29, 0.717) is 5.92 Å². The monoisotopic (exact) mass is 309 g/mol. The first-order chi connectivity index (χ1) is 11.2. The number of hydrogen-bond donors (Lipinski definition) is 0. The van der Waals surface area contributed by atoms with Gasteiger partial charge in [-0.3, -0.25) is 0 Å².